The summed E-state index contributed by atoms with van der Waals surface area (Å²) in [6.45, 7) is 0.322. The number of hydrogen-bond acceptors (Lipinski definition) is 5. The molecule has 1 aromatic rings. The van der Waals surface area contributed by atoms with Gasteiger partial charge in [-0.15, -0.1) is 5.10 Å². The molecule has 1 aromatic heterocycles. The van der Waals surface area contributed by atoms with Crippen LogP contribution in [0.15, 0.2) is 4.79 Å². The van der Waals surface area contributed by atoms with E-state index in [1.807, 2.05) is 6.07 Å². The second-order valence-electron chi connectivity index (χ2n) is 1.84. The molecule has 1 rings (SSSR count). The topological polar surface area (TPSA) is 84.7 Å². The third-order valence-electron chi connectivity index (χ3n) is 1.06. The zero-order valence-electron chi connectivity index (χ0n) is 5.65. The highest BCUT2D eigenvalue weighted by molar-refractivity contribution is 7.12. The van der Waals surface area contributed by atoms with Crippen molar-refractivity contribution in [1.82, 2.24) is 9.78 Å². The Labute approximate surface area is 66.7 Å². The molecular weight excluding hydrogens is 164 g/mol. The van der Waals surface area contributed by atoms with Gasteiger partial charge >= 0.3 is 4.87 Å². The molecule has 0 aliphatic carbocycles. The highest BCUT2D eigenvalue weighted by atomic mass is 32.1. The normalized spacial score (nSPS) is 9.36. The van der Waals surface area contributed by atoms with Crippen LogP contribution in [0, 0.1) is 11.3 Å². The maximum absolute atomic E-state index is 10.9. The predicted molar refractivity (Wildman–Crippen MR) is 41.0 cm³/mol. The Hall–Kier alpha value is -1.35. The first-order chi connectivity index (χ1) is 5.24. The number of aromatic nitrogens is 2. The van der Waals surface area contributed by atoms with Crippen molar-refractivity contribution in [2.45, 2.75) is 13.0 Å². The van der Waals surface area contributed by atoms with Crippen molar-refractivity contribution in [2.24, 2.45) is 0 Å². The number of nitrogens with two attached hydrogens (primary N) is 1. The molecule has 0 amide bonds. The second-order valence-corrected chi connectivity index (χ2v) is 2.81. The third kappa shape index (κ3) is 1.78. The monoisotopic (exact) mass is 170 g/mol. The van der Waals surface area contributed by atoms with Crippen molar-refractivity contribution in [3.8, 4) is 6.07 Å². The molecule has 2 N–H and O–H groups in total. The maximum atomic E-state index is 10.9. The van der Waals surface area contributed by atoms with Gasteiger partial charge in [-0.2, -0.15) is 5.26 Å². The Morgan fingerprint density at radius 2 is 2.55 bits per heavy atom. The molecule has 0 spiro atoms. The number of nitrogen functional groups attached to an aromatic ring is 1. The second kappa shape index (κ2) is 3.16. The standard InChI is InChI=1S/C5H6N4OS/c6-2-1-3-9-5(10)11-4(7)8-9/h1,3H2,(H2,7,8). The highest BCUT2D eigenvalue weighted by Crippen LogP contribution is 1.98. The Balaban J connectivity index is 2.80. The van der Waals surface area contributed by atoms with E-state index in [9.17, 15) is 4.79 Å². The predicted octanol–water partition coefficient (Wildman–Crippen LogP) is -0.199. The summed E-state index contributed by atoms with van der Waals surface area (Å²) in [5.74, 6) is 0. The van der Waals surface area contributed by atoms with Crippen LogP contribution in [0.3, 0.4) is 0 Å². The lowest BCUT2D eigenvalue weighted by Crippen LogP contribution is -2.14. The summed E-state index contributed by atoms with van der Waals surface area (Å²) in [6.07, 6.45) is 0.281. The molecule has 0 unspecified atom stereocenters. The van der Waals surface area contributed by atoms with Crippen LogP contribution in [0.1, 0.15) is 6.42 Å². The molecule has 0 aromatic carbocycles. The lowest BCUT2D eigenvalue weighted by Gasteiger charge is -1.89. The van der Waals surface area contributed by atoms with Gasteiger partial charge in [0.1, 0.15) is 0 Å². The minimum Gasteiger partial charge on any atom is -0.374 e. The van der Waals surface area contributed by atoms with E-state index in [1.54, 1.807) is 0 Å². The Bertz CT molecular complexity index is 333. The van der Waals surface area contributed by atoms with Gasteiger partial charge in [-0.25, -0.2) is 4.68 Å². The summed E-state index contributed by atoms with van der Waals surface area (Å²) >= 11 is 0.884. The lowest BCUT2D eigenvalue weighted by atomic mass is 10.5. The first kappa shape index (κ1) is 7.75. The van der Waals surface area contributed by atoms with Gasteiger partial charge in [0.2, 0.25) is 5.13 Å². The van der Waals surface area contributed by atoms with Gasteiger partial charge in [0, 0.05) is 0 Å². The third-order valence-corrected chi connectivity index (χ3v) is 1.73. The van der Waals surface area contributed by atoms with E-state index in [4.69, 9.17) is 11.0 Å². The fraction of sp³-hybridized carbons (Fsp3) is 0.400. The molecule has 6 heteroatoms. The number of nitriles is 1. The van der Waals surface area contributed by atoms with Gasteiger partial charge in [0.15, 0.2) is 0 Å². The quantitative estimate of drug-likeness (QED) is 0.666. The maximum Gasteiger partial charge on any atom is 0.326 e. The first-order valence-electron chi connectivity index (χ1n) is 2.94. The van der Waals surface area contributed by atoms with Gasteiger partial charge < -0.3 is 5.73 Å². The zero-order valence-corrected chi connectivity index (χ0v) is 6.47. The van der Waals surface area contributed by atoms with Crippen molar-refractivity contribution in [3.63, 3.8) is 0 Å². The van der Waals surface area contributed by atoms with Crippen molar-refractivity contribution in [1.29, 1.82) is 5.26 Å². The number of rotatable bonds is 2. The molecule has 1 heterocycles. The molecule has 11 heavy (non-hydrogen) atoms. The van der Waals surface area contributed by atoms with E-state index in [0.717, 1.165) is 11.3 Å². The summed E-state index contributed by atoms with van der Waals surface area (Å²) in [5, 5.41) is 12.1. The molecule has 0 radical (unpaired) electrons. The van der Waals surface area contributed by atoms with Crippen molar-refractivity contribution in [2.75, 3.05) is 5.73 Å². The van der Waals surface area contributed by atoms with E-state index < -0.39 is 0 Å². The summed E-state index contributed by atoms with van der Waals surface area (Å²) in [4.78, 5) is 10.7. The van der Waals surface area contributed by atoms with Crippen LogP contribution in [-0.2, 0) is 6.54 Å². The molecule has 0 aliphatic heterocycles. The van der Waals surface area contributed by atoms with Gasteiger partial charge in [0.25, 0.3) is 0 Å². The van der Waals surface area contributed by atoms with Crippen LogP contribution in [-0.4, -0.2) is 9.78 Å². The molecule has 58 valence electrons. The van der Waals surface area contributed by atoms with Crippen LogP contribution in [0.5, 0.6) is 0 Å². The van der Waals surface area contributed by atoms with Crippen LogP contribution in [0.4, 0.5) is 5.13 Å². The SMILES string of the molecule is N#CCCn1nc(N)sc1=O. The molecule has 0 fully saturated rings. The Kier molecular flexibility index (Phi) is 2.23. The first-order valence-corrected chi connectivity index (χ1v) is 3.76. The average Bonchev–Trinajstić information content (AvgIpc) is 2.26. The van der Waals surface area contributed by atoms with Crippen molar-refractivity contribution >= 4 is 16.5 Å². The minimum absolute atomic E-state index is 0.210. The van der Waals surface area contributed by atoms with Crippen molar-refractivity contribution < 1.29 is 0 Å². The van der Waals surface area contributed by atoms with E-state index in [-0.39, 0.29) is 16.4 Å². The van der Waals surface area contributed by atoms with Gasteiger partial charge in [-0.3, -0.25) is 4.79 Å². The number of hydrogen-bond donors (Lipinski definition) is 1. The van der Waals surface area contributed by atoms with Crippen molar-refractivity contribution in [3.05, 3.63) is 9.67 Å². The fourth-order valence-corrected chi connectivity index (χ4v) is 1.18. The molecule has 0 atom stereocenters. The number of aryl methyl sites for hydroxylation is 1. The smallest absolute Gasteiger partial charge is 0.326 e. The van der Waals surface area contributed by atoms with Crippen LogP contribution < -0.4 is 10.6 Å². The average molecular weight is 170 g/mol. The highest BCUT2D eigenvalue weighted by Gasteiger charge is 2.00. The molecule has 0 saturated heterocycles. The number of anilines is 1. The van der Waals surface area contributed by atoms with Crippen LogP contribution in [0.2, 0.25) is 0 Å². The summed E-state index contributed by atoms with van der Waals surface area (Å²) < 4.78 is 1.20. The van der Waals surface area contributed by atoms with E-state index in [0.29, 0.717) is 6.54 Å². The van der Waals surface area contributed by atoms with E-state index in [2.05, 4.69) is 5.10 Å². The van der Waals surface area contributed by atoms with E-state index >= 15 is 0 Å². The zero-order chi connectivity index (χ0) is 8.27. The number of nitrogens with zero attached hydrogens (tertiary/aromatic N) is 3. The van der Waals surface area contributed by atoms with Crippen LogP contribution in [0.25, 0.3) is 0 Å². The lowest BCUT2D eigenvalue weighted by molar-refractivity contribution is 0.613. The molecule has 0 saturated carbocycles. The fourth-order valence-electron chi connectivity index (χ4n) is 0.620. The van der Waals surface area contributed by atoms with Crippen LogP contribution >= 0.6 is 11.3 Å². The largest absolute Gasteiger partial charge is 0.374 e. The Morgan fingerprint density at radius 3 is 3.00 bits per heavy atom. The van der Waals surface area contributed by atoms with Gasteiger partial charge in [-0.05, 0) is 11.3 Å². The summed E-state index contributed by atoms with van der Waals surface area (Å²) in [6, 6.07) is 1.92. The van der Waals surface area contributed by atoms with E-state index in [1.165, 1.54) is 4.68 Å². The molecular formula is C5H6N4OS. The van der Waals surface area contributed by atoms with Gasteiger partial charge in [-0.1, -0.05) is 0 Å². The van der Waals surface area contributed by atoms with Gasteiger partial charge in [0.05, 0.1) is 19.0 Å². The molecule has 0 bridgehead atoms. The minimum atomic E-state index is -0.210. The summed E-state index contributed by atoms with van der Waals surface area (Å²) in [5.41, 5.74) is 5.25. The summed E-state index contributed by atoms with van der Waals surface area (Å²) in [7, 11) is 0. The molecule has 0 aliphatic rings. The Morgan fingerprint density at radius 1 is 1.82 bits per heavy atom. The molecule has 5 nitrogen and oxygen atoms in total.